The summed E-state index contributed by atoms with van der Waals surface area (Å²) < 4.78 is 17.4. The summed E-state index contributed by atoms with van der Waals surface area (Å²) in [6.07, 6.45) is 0.405. The number of likely N-dealkylation sites (N-methyl/N-ethyl adjacent to an activating group) is 1. The Morgan fingerprint density at radius 2 is 1.86 bits per heavy atom. The Labute approximate surface area is 211 Å². The molecule has 4 heterocycles. The first-order valence-electron chi connectivity index (χ1n) is 12.7. The van der Waals surface area contributed by atoms with Crippen LogP contribution >= 0.6 is 0 Å². The fourth-order valence-electron chi connectivity index (χ4n) is 7.60. The Morgan fingerprint density at radius 3 is 2.53 bits per heavy atom. The zero-order valence-corrected chi connectivity index (χ0v) is 21.6. The zero-order chi connectivity index (χ0) is 25.6. The normalized spacial score (nSPS) is 30.3. The lowest BCUT2D eigenvalue weighted by Crippen LogP contribution is -2.69. The number of aromatic hydroxyl groups is 1. The average Bonchev–Trinajstić information content (AvgIpc) is 3.33. The number of nitriles is 1. The molecular weight excluding hydrogens is 458 g/mol. The number of aliphatic hydroxyl groups is 1. The van der Waals surface area contributed by atoms with Gasteiger partial charge in [0.15, 0.2) is 11.5 Å². The minimum Gasteiger partial charge on any atom is -0.507 e. The van der Waals surface area contributed by atoms with Crippen molar-refractivity contribution in [2.75, 3.05) is 21.0 Å². The first-order chi connectivity index (χ1) is 17.3. The molecule has 2 N–H and O–H groups in total. The molecule has 0 saturated carbocycles. The molecule has 1 saturated heterocycles. The van der Waals surface area contributed by atoms with Gasteiger partial charge in [-0.1, -0.05) is 13.0 Å². The van der Waals surface area contributed by atoms with Crippen molar-refractivity contribution in [2.45, 2.75) is 76.8 Å². The Morgan fingerprint density at radius 1 is 1.14 bits per heavy atom. The van der Waals surface area contributed by atoms with Crippen molar-refractivity contribution in [3.05, 3.63) is 45.0 Å². The highest BCUT2D eigenvalue weighted by Gasteiger charge is 2.58. The number of hydrogen-bond acceptors (Lipinski definition) is 8. The Bertz CT molecular complexity index is 1320. The van der Waals surface area contributed by atoms with Gasteiger partial charge in [0.25, 0.3) is 0 Å². The first-order valence-corrected chi connectivity index (χ1v) is 12.7. The van der Waals surface area contributed by atoms with E-state index in [2.05, 4.69) is 49.8 Å². The highest BCUT2D eigenvalue weighted by Crippen LogP contribution is 2.60. The lowest BCUT2D eigenvalue weighted by Gasteiger charge is -2.61. The highest BCUT2D eigenvalue weighted by atomic mass is 16.7. The summed E-state index contributed by atoms with van der Waals surface area (Å²) >= 11 is 0. The van der Waals surface area contributed by atoms with Crippen molar-refractivity contribution in [3.8, 4) is 29.1 Å². The van der Waals surface area contributed by atoms with Gasteiger partial charge in [-0.25, -0.2) is 0 Å². The van der Waals surface area contributed by atoms with E-state index in [4.69, 9.17) is 14.2 Å². The van der Waals surface area contributed by atoms with E-state index >= 15 is 0 Å². The number of nitrogens with zero attached hydrogens (tertiary/aromatic N) is 3. The molecule has 0 radical (unpaired) electrons. The maximum absolute atomic E-state index is 12.1. The summed E-state index contributed by atoms with van der Waals surface area (Å²) in [5.74, 6) is 2.01. The second-order valence-corrected chi connectivity index (χ2v) is 10.6. The molecule has 1 fully saturated rings. The third kappa shape index (κ3) is 2.74. The molecule has 2 unspecified atom stereocenters. The zero-order valence-electron chi connectivity index (χ0n) is 21.6. The molecule has 4 aliphatic heterocycles. The van der Waals surface area contributed by atoms with Gasteiger partial charge in [0, 0.05) is 28.8 Å². The van der Waals surface area contributed by atoms with Gasteiger partial charge in [0.05, 0.1) is 25.3 Å². The van der Waals surface area contributed by atoms with E-state index in [-0.39, 0.29) is 30.7 Å². The summed E-state index contributed by atoms with van der Waals surface area (Å²) in [5, 5.41) is 33.9. The van der Waals surface area contributed by atoms with Crippen LogP contribution < -0.4 is 14.2 Å². The fraction of sp³-hybridized carbons (Fsp3) is 0.536. The van der Waals surface area contributed by atoms with E-state index in [1.807, 2.05) is 0 Å². The molecule has 0 amide bonds. The largest absolute Gasteiger partial charge is 0.507 e. The number of piperazine rings is 1. The second kappa shape index (κ2) is 8.01. The van der Waals surface area contributed by atoms with Crippen LogP contribution in [0.25, 0.3) is 0 Å². The number of methoxy groups -OCH3 is 1. The van der Waals surface area contributed by atoms with Gasteiger partial charge in [0.2, 0.25) is 6.79 Å². The molecule has 6 rings (SSSR count). The van der Waals surface area contributed by atoms with E-state index in [0.29, 0.717) is 29.0 Å². The minimum absolute atomic E-state index is 0.0389. The van der Waals surface area contributed by atoms with Crippen molar-refractivity contribution in [1.29, 1.82) is 5.26 Å². The molecular formula is C28H33N3O5. The van der Waals surface area contributed by atoms with Gasteiger partial charge < -0.3 is 24.4 Å². The molecule has 8 heteroatoms. The van der Waals surface area contributed by atoms with Gasteiger partial charge >= 0.3 is 0 Å². The minimum atomic E-state index is -1.03. The summed E-state index contributed by atoms with van der Waals surface area (Å²) in [6.45, 7) is 8.08. The first kappa shape index (κ1) is 23.4. The topological polar surface area (TPSA) is 98.4 Å². The van der Waals surface area contributed by atoms with Gasteiger partial charge in [-0.3, -0.25) is 9.80 Å². The standard InChI is InChI=1S/C28H33N3O5/c1-7-16-20-21(24(32)14(4)27-28(20)36-11-35-27)25(33)23-22-19-13(3)26(34-6)12(2)8-15(19)9-17(30(22)5)18(10-29)31(16)23/h8,16-18,22-23,25,32-33H,7,9,11H2,1-6H3/t16-,17?,18-,22?,23-,25-/m0/s1. The van der Waals surface area contributed by atoms with Crippen LogP contribution in [0, 0.1) is 32.1 Å². The number of aryl methyl sites for hydroxylation is 1. The van der Waals surface area contributed by atoms with Crippen molar-refractivity contribution >= 4 is 0 Å². The lowest BCUT2D eigenvalue weighted by atomic mass is 9.69. The SMILES string of the molecule is CC[C@H]1c2c3c(c(C)c(O)c2[C@H](O)[C@@H]2C4c5c(cc(C)c(OC)c5C)CC([C@H](C#N)N12)N4C)OCO3. The molecule has 2 aromatic rings. The highest BCUT2D eigenvalue weighted by molar-refractivity contribution is 5.66. The molecule has 0 spiro atoms. The van der Waals surface area contributed by atoms with Gasteiger partial charge in [-0.2, -0.15) is 5.26 Å². The van der Waals surface area contributed by atoms with Crippen LogP contribution in [0.4, 0.5) is 0 Å². The fourth-order valence-corrected chi connectivity index (χ4v) is 7.60. The van der Waals surface area contributed by atoms with Crippen LogP contribution in [-0.4, -0.2) is 59.1 Å². The third-order valence-electron chi connectivity index (χ3n) is 9.01. The van der Waals surface area contributed by atoms with Crippen molar-refractivity contribution in [1.82, 2.24) is 9.80 Å². The Kier molecular flexibility index (Phi) is 5.21. The van der Waals surface area contributed by atoms with E-state index < -0.39 is 18.2 Å². The number of hydrogen-bond donors (Lipinski definition) is 2. The Hall–Kier alpha value is -2.99. The smallest absolute Gasteiger partial charge is 0.231 e. The number of phenolic OH excluding ortho intramolecular Hbond substituents is 1. The number of phenols is 1. The number of benzene rings is 2. The molecule has 0 aliphatic carbocycles. The predicted molar refractivity (Wildman–Crippen MR) is 132 cm³/mol. The molecule has 36 heavy (non-hydrogen) atoms. The molecule has 6 atom stereocenters. The number of aliphatic hydroxyl groups excluding tert-OH is 1. The van der Waals surface area contributed by atoms with Crippen LogP contribution in [0.1, 0.15) is 70.5 Å². The summed E-state index contributed by atoms with van der Waals surface area (Å²) in [6, 6.07) is 3.46. The monoisotopic (exact) mass is 491 g/mol. The molecule has 0 aromatic heterocycles. The molecule has 2 bridgehead atoms. The number of rotatable bonds is 2. The van der Waals surface area contributed by atoms with Crippen LogP contribution in [0.2, 0.25) is 0 Å². The van der Waals surface area contributed by atoms with E-state index in [1.54, 1.807) is 14.0 Å². The van der Waals surface area contributed by atoms with Crippen LogP contribution in [0.15, 0.2) is 6.07 Å². The summed E-state index contributed by atoms with van der Waals surface area (Å²) in [5.41, 5.74) is 6.31. The van der Waals surface area contributed by atoms with Crippen LogP contribution in [0.3, 0.4) is 0 Å². The van der Waals surface area contributed by atoms with Crippen LogP contribution in [-0.2, 0) is 6.42 Å². The predicted octanol–water partition coefficient (Wildman–Crippen LogP) is 3.73. The molecule has 4 aliphatic rings. The maximum Gasteiger partial charge on any atom is 0.231 e. The van der Waals surface area contributed by atoms with Crippen molar-refractivity contribution < 1.29 is 24.4 Å². The van der Waals surface area contributed by atoms with E-state index in [1.165, 1.54) is 5.56 Å². The molecule has 2 aromatic carbocycles. The van der Waals surface area contributed by atoms with Gasteiger partial charge in [-0.05, 0) is 62.9 Å². The maximum atomic E-state index is 12.1. The summed E-state index contributed by atoms with van der Waals surface area (Å²) in [7, 11) is 3.75. The van der Waals surface area contributed by atoms with Crippen LogP contribution in [0.5, 0.6) is 23.0 Å². The van der Waals surface area contributed by atoms with E-state index in [9.17, 15) is 15.5 Å². The van der Waals surface area contributed by atoms with Gasteiger partial charge in [-0.15, -0.1) is 0 Å². The van der Waals surface area contributed by atoms with Crippen molar-refractivity contribution in [2.24, 2.45) is 0 Å². The third-order valence-corrected chi connectivity index (χ3v) is 9.01. The quantitative estimate of drug-likeness (QED) is 0.656. The molecule has 8 nitrogen and oxygen atoms in total. The Balaban J connectivity index is 1.65. The van der Waals surface area contributed by atoms with E-state index in [0.717, 1.165) is 34.4 Å². The number of ether oxygens (including phenoxy) is 3. The average molecular weight is 492 g/mol. The summed E-state index contributed by atoms with van der Waals surface area (Å²) in [4.78, 5) is 4.46. The van der Waals surface area contributed by atoms with Gasteiger partial charge in [0.1, 0.15) is 23.6 Å². The number of fused-ring (bicyclic) bond motifs is 9. The van der Waals surface area contributed by atoms with Crippen molar-refractivity contribution in [3.63, 3.8) is 0 Å². The second-order valence-electron chi connectivity index (χ2n) is 10.6. The lowest BCUT2D eigenvalue weighted by molar-refractivity contribution is -0.120. The molecule has 190 valence electrons.